The van der Waals surface area contributed by atoms with Gasteiger partial charge in [-0.2, -0.15) is 0 Å². The van der Waals surface area contributed by atoms with Crippen molar-refractivity contribution in [1.29, 1.82) is 0 Å². The summed E-state index contributed by atoms with van der Waals surface area (Å²) in [6, 6.07) is 10.1. The molecule has 3 rings (SSSR count). The molecule has 2 aromatic heterocycles. The number of carbonyl (C=O) groups excluding carboxylic acids is 2. The highest BCUT2D eigenvalue weighted by Crippen LogP contribution is 2.26. The average Bonchev–Trinajstić information content (AvgIpc) is 3.03. The van der Waals surface area contributed by atoms with Crippen molar-refractivity contribution >= 4 is 56.8 Å². The van der Waals surface area contributed by atoms with Crippen LogP contribution in [0.25, 0.3) is 10.2 Å². The first-order valence-electron chi connectivity index (χ1n) is 6.91. The molecule has 2 heterocycles. The fraction of sp³-hybridized carbons (Fsp3) is 0.0667. The zero-order valence-electron chi connectivity index (χ0n) is 12.4. The smallest absolute Gasteiger partial charge is 0.325 e. The van der Waals surface area contributed by atoms with Gasteiger partial charge in [0.25, 0.3) is 0 Å². The van der Waals surface area contributed by atoms with Gasteiger partial charge < -0.3 is 11.1 Å². The monoisotopic (exact) mass is 359 g/mol. The number of nitrogens with zero attached hydrogens (tertiary/aromatic N) is 2. The summed E-state index contributed by atoms with van der Waals surface area (Å²) >= 11 is 2.57. The number of thiophene rings is 1. The van der Waals surface area contributed by atoms with E-state index in [1.165, 1.54) is 11.3 Å². The normalized spacial score (nSPS) is 10.5. The van der Waals surface area contributed by atoms with Crippen LogP contribution < -0.4 is 16.4 Å². The topological polar surface area (TPSA) is 110 Å². The van der Waals surface area contributed by atoms with Crippen LogP contribution in [0.4, 0.5) is 16.3 Å². The van der Waals surface area contributed by atoms with Gasteiger partial charge in [0.15, 0.2) is 5.16 Å². The Bertz CT molecular complexity index is 882. The minimum absolute atomic E-state index is 0.0124. The Hall–Kier alpha value is -2.65. The number of anilines is 2. The lowest BCUT2D eigenvalue weighted by Crippen LogP contribution is -2.35. The molecule has 0 saturated heterocycles. The molecule has 0 fully saturated rings. The standard InChI is InChI=1S/C15H13N5O2S2/c16-12-10-6-7-23-13(10)20-15(19-12)24-8-11(21)18-14(22)17-9-4-2-1-3-5-9/h1-7H,8H2,(H2,16,19,20)(H2,17,18,21,22). The Kier molecular flexibility index (Phi) is 4.92. The molecule has 24 heavy (non-hydrogen) atoms. The number of nitrogens with two attached hydrogens (primary N) is 1. The number of aromatic nitrogens is 2. The van der Waals surface area contributed by atoms with E-state index in [9.17, 15) is 9.59 Å². The van der Waals surface area contributed by atoms with Gasteiger partial charge in [0.05, 0.1) is 11.1 Å². The second-order valence-corrected chi connectivity index (χ2v) is 6.52. The molecule has 0 radical (unpaired) electrons. The summed E-state index contributed by atoms with van der Waals surface area (Å²) in [7, 11) is 0. The number of benzene rings is 1. The van der Waals surface area contributed by atoms with Crippen molar-refractivity contribution in [3.8, 4) is 0 Å². The molecular weight excluding hydrogens is 346 g/mol. The van der Waals surface area contributed by atoms with Gasteiger partial charge in [-0.15, -0.1) is 11.3 Å². The van der Waals surface area contributed by atoms with Gasteiger partial charge in [-0.1, -0.05) is 30.0 Å². The van der Waals surface area contributed by atoms with Gasteiger partial charge >= 0.3 is 6.03 Å². The summed E-state index contributed by atoms with van der Waals surface area (Å²) in [6.45, 7) is 0. The van der Waals surface area contributed by atoms with Crippen LogP contribution in [0.3, 0.4) is 0 Å². The number of hydrogen-bond donors (Lipinski definition) is 3. The van der Waals surface area contributed by atoms with Gasteiger partial charge in [-0.3, -0.25) is 10.1 Å². The molecule has 0 unspecified atom stereocenters. The predicted octanol–water partition coefficient (Wildman–Crippen LogP) is 2.71. The van der Waals surface area contributed by atoms with E-state index in [2.05, 4.69) is 20.6 Å². The van der Waals surface area contributed by atoms with Crippen molar-refractivity contribution in [2.45, 2.75) is 5.16 Å². The van der Waals surface area contributed by atoms with E-state index >= 15 is 0 Å². The maximum Gasteiger partial charge on any atom is 0.325 e. The number of para-hydroxylation sites is 1. The first-order valence-corrected chi connectivity index (χ1v) is 8.78. The second-order valence-electron chi connectivity index (χ2n) is 4.69. The third-order valence-electron chi connectivity index (χ3n) is 2.95. The van der Waals surface area contributed by atoms with Crippen LogP contribution in [0.2, 0.25) is 0 Å². The Morgan fingerprint density at radius 2 is 1.96 bits per heavy atom. The van der Waals surface area contributed by atoms with Crippen LogP contribution in [0.1, 0.15) is 0 Å². The van der Waals surface area contributed by atoms with Crippen LogP contribution in [0.5, 0.6) is 0 Å². The van der Waals surface area contributed by atoms with Crippen LogP contribution in [-0.2, 0) is 4.79 Å². The van der Waals surface area contributed by atoms with Crippen LogP contribution in [0.15, 0.2) is 46.9 Å². The van der Waals surface area contributed by atoms with Crippen LogP contribution >= 0.6 is 23.1 Å². The Morgan fingerprint density at radius 1 is 1.17 bits per heavy atom. The SMILES string of the molecule is Nc1nc(SCC(=O)NC(=O)Nc2ccccc2)nc2sccc12. The minimum atomic E-state index is -0.582. The molecule has 122 valence electrons. The molecule has 0 atom stereocenters. The summed E-state index contributed by atoms with van der Waals surface area (Å²) in [6.07, 6.45) is 0. The van der Waals surface area contributed by atoms with E-state index < -0.39 is 11.9 Å². The largest absolute Gasteiger partial charge is 0.383 e. The summed E-state index contributed by atoms with van der Waals surface area (Å²) in [5.41, 5.74) is 6.46. The van der Waals surface area contributed by atoms with Crippen molar-refractivity contribution in [3.63, 3.8) is 0 Å². The quantitative estimate of drug-likeness (QED) is 0.488. The molecule has 1 aromatic carbocycles. The van der Waals surface area contributed by atoms with Crippen molar-refractivity contribution in [2.24, 2.45) is 0 Å². The molecule has 0 saturated carbocycles. The third-order valence-corrected chi connectivity index (χ3v) is 4.60. The van der Waals surface area contributed by atoms with E-state index in [4.69, 9.17) is 5.73 Å². The van der Waals surface area contributed by atoms with E-state index in [1.54, 1.807) is 24.3 Å². The van der Waals surface area contributed by atoms with Crippen molar-refractivity contribution in [3.05, 3.63) is 41.8 Å². The van der Waals surface area contributed by atoms with E-state index in [1.807, 2.05) is 17.5 Å². The number of urea groups is 1. The molecule has 4 N–H and O–H groups in total. The predicted molar refractivity (Wildman–Crippen MR) is 96.2 cm³/mol. The fourth-order valence-corrected chi connectivity index (χ4v) is 3.38. The number of nitrogen functional groups attached to an aromatic ring is 1. The highest BCUT2D eigenvalue weighted by Gasteiger charge is 2.11. The number of imide groups is 1. The lowest BCUT2D eigenvalue weighted by Gasteiger charge is -2.06. The Morgan fingerprint density at radius 3 is 2.75 bits per heavy atom. The average molecular weight is 359 g/mol. The molecule has 0 spiro atoms. The highest BCUT2D eigenvalue weighted by atomic mass is 32.2. The second kappa shape index (κ2) is 7.28. The first kappa shape index (κ1) is 16.2. The zero-order chi connectivity index (χ0) is 16.9. The van der Waals surface area contributed by atoms with Gasteiger partial charge in [-0.05, 0) is 23.6 Å². The van der Waals surface area contributed by atoms with E-state index in [-0.39, 0.29) is 5.75 Å². The van der Waals surface area contributed by atoms with Crippen LogP contribution in [-0.4, -0.2) is 27.7 Å². The van der Waals surface area contributed by atoms with Gasteiger partial charge in [-0.25, -0.2) is 14.8 Å². The number of nitrogens with one attached hydrogen (secondary N) is 2. The zero-order valence-corrected chi connectivity index (χ0v) is 14.0. The Labute approximate surface area is 145 Å². The number of hydrogen-bond acceptors (Lipinski definition) is 7. The highest BCUT2D eigenvalue weighted by molar-refractivity contribution is 7.99. The summed E-state index contributed by atoms with van der Waals surface area (Å²) in [4.78, 5) is 32.8. The van der Waals surface area contributed by atoms with Crippen molar-refractivity contribution < 1.29 is 9.59 Å². The summed E-state index contributed by atoms with van der Waals surface area (Å²) in [5.74, 6) is -0.0497. The number of carbonyl (C=O) groups is 2. The molecule has 3 amide bonds. The van der Waals surface area contributed by atoms with E-state index in [0.717, 1.165) is 22.0 Å². The lowest BCUT2D eigenvalue weighted by molar-refractivity contribution is -0.117. The first-order chi connectivity index (χ1) is 11.6. The number of thioether (sulfide) groups is 1. The maximum atomic E-state index is 11.8. The Balaban J connectivity index is 1.54. The number of amides is 3. The number of rotatable bonds is 4. The molecule has 9 heteroatoms. The third kappa shape index (κ3) is 4.00. The summed E-state index contributed by atoms with van der Waals surface area (Å²) in [5, 5.41) is 7.91. The van der Waals surface area contributed by atoms with E-state index in [0.29, 0.717) is 16.7 Å². The maximum absolute atomic E-state index is 11.8. The fourth-order valence-electron chi connectivity index (χ4n) is 1.90. The van der Waals surface area contributed by atoms with Gasteiger partial charge in [0, 0.05) is 5.69 Å². The molecule has 7 nitrogen and oxygen atoms in total. The van der Waals surface area contributed by atoms with Crippen molar-refractivity contribution in [2.75, 3.05) is 16.8 Å². The van der Waals surface area contributed by atoms with Crippen molar-refractivity contribution in [1.82, 2.24) is 15.3 Å². The van der Waals surface area contributed by atoms with Gasteiger partial charge in [0.1, 0.15) is 10.6 Å². The number of fused-ring (bicyclic) bond motifs is 1. The minimum Gasteiger partial charge on any atom is -0.383 e. The molecule has 0 aliphatic heterocycles. The van der Waals surface area contributed by atoms with Crippen LogP contribution in [0, 0.1) is 0 Å². The molecule has 0 aliphatic carbocycles. The molecule has 3 aromatic rings. The summed E-state index contributed by atoms with van der Waals surface area (Å²) < 4.78 is 0. The lowest BCUT2D eigenvalue weighted by atomic mass is 10.3. The molecular formula is C15H13N5O2S2. The molecule has 0 bridgehead atoms. The van der Waals surface area contributed by atoms with Gasteiger partial charge in [0.2, 0.25) is 5.91 Å². The molecule has 0 aliphatic rings.